The molecule has 0 saturated heterocycles. The van der Waals surface area contributed by atoms with Crippen LogP contribution in [0.2, 0.25) is 5.02 Å². The Kier molecular flexibility index (Phi) is 6.90. The van der Waals surface area contributed by atoms with Gasteiger partial charge in [-0.25, -0.2) is 4.98 Å². The van der Waals surface area contributed by atoms with Crippen molar-refractivity contribution in [3.05, 3.63) is 53.1 Å². The van der Waals surface area contributed by atoms with Crippen LogP contribution in [-0.4, -0.2) is 28.7 Å². The van der Waals surface area contributed by atoms with Crippen LogP contribution in [0.1, 0.15) is 18.4 Å². The topological polar surface area (TPSA) is 83.2 Å². The Bertz CT molecular complexity index is 979. The maximum Gasteiger partial charge on any atom is 0.320 e. The van der Waals surface area contributed by atoms with Crippen molar-refractivity contribution in [2.24, 2.45) is 11.7 Å². The molecule has 2 N–H and O–H groups in total. The van der Waals surface area contributed by atoms with Gasteiger partial charge in [0.1, 0.15) is 5.75 Å². The number of methoxy groups -OCH3 is 1. The van der Waals surface area contributed by atoms with E-state index in [9.17, 15) is 0 Å². The first kappa shape index (κ1) is 21.3. The van der Waals surface area contributed by atoms with Crippen LogP contribution in [0, 0.1) is 5.92 Å². The molecule has 2 aromatic carbocycles. The summed E-state index contributed by atoms with van der Waals surface area (Å²) in [5, 5.41) is 0.542. The van der Waals surface area contributed by atoms with Crippen molar-refractivity contribution in [1.29, 1.82) is 0 Å². The summed E-state index contributed by atoms with van der Waals surface area (Å²) in [6, 6.07) is 13.5. The standard InChI is InChI=1S/C21H21ClN4O2.ClH/c1-27-21-25-19(15-5-7-16(8-6-15)28-12-13-2-3-13)24-20(26-21)17-10-14(11-23)4-9-18(17)22;/h4-10,13H,2-3,11-12,23H2,1H3;1H. The average molecular weight is 433 g/mol. The fourth-order valence-electron chi connectivity index (χ4n) is 2.77. The number of benzene rings is 2. The lowest BCUT2D eigenvalue weighted by Crippen LogP contribution is -2.02. The van der Waals surface area contributed by atoms with Crippen molar-refractivity contribution in [3.63, 3.8) is 0 Å². The molecular weight excluding hydrogens is 411 g/mol. The molecule has 1 saturated carbocycles. The molecule has 6 nitrogen and oxygen atoms in total. The Balaban J connectivity index is 0.00000240. The fourth-order valence-corrected chi connectivity index (χ4v) is 2.97. The molecule has 1 fully saturated rings. The minimum Gasteiger partial charge on any atom is -0.493 e. The lowest BCUT2D eigenvalue weighted by atomic mass is 10.1. The van der Waals surface area contributed by atoms with Gasteiger partial charge >= 0.3 is 6.01 Å². The van der Waals surface area contributed by atoms with Gasteiger partial charge in [0.2, 0.25) is 0 Å². The number of halogens is 2. The molecule has 0 amide bonds. The summed E-state index contributed by atoms with van der Waals surface area (Å²) in [6.07, 6.45) is 2.53. The van der Waals surface area contributed by atoms with Gasteiger partial charge in [0.25, 0.3) is 0 Å². The normalized spacial score (nSPS) is 12.9. The summed E-state index contributed by atoms with van der Waals surface area (Å²) in [5.41, 5.74) is 8.22. The number of rotatable bonds is 7. The Hall–Kier alpha value is -2.41. The lowest BCUT2D eigenvalue weighted by Gasteiger charge is -2.10. The molecule has 0 unspecified atom stereocenters. The van der Waals surface area contributed by atoms with E-state index < -0.39 is 0 Å². The summed E-state index contributed by atoms with van der Waals surface area (Å²) in [5.74, 6) is 2.50. The molecule has 29 heavy (non-hydrogen) atoms. The molecule has 1 heterocycles. The van der Waals surface area contributed by atoms with E-state index in [0.717, 1.165) is 23.5 Å². The monoisotopic (exact) mass is 432 g/mol. The van der Waals surface area contributed by atoms with Gasteiger partial charge in [-0.3, -0.25) is 0 Å². The van der Waals surface area contributed by atoms with Crippen molar-refractivity contribution in [3.8, 4) is 34.5 Å². The number of ether oxygens (including phenoxy) is 2. The fraction of sp³-hybridized carbons (Fsp3) is 0.286. The van der Waals surface area contributed by atoms with Gasteiger partial charge in [-0.15, -0.1) is 12.4 Å². The molecule has 152 valence electrons. The summed E-state index contributed by atoms with van der Waals surface area (Å²) in [6.45, 7) is 1.18. The average Bonchev–Trinajstić information content (AvgIpc) is 3.57. The van der Waals surface area contributed by atoms with Crippen LogP contribution >= 0.6 is 24.0 Å². The van der Waals surface area contributed by atoms with E-state index in [1.165, 1.54) is 20.0 Å². The van der Waals surface area contributed by atoms with E-state index >= 15 is 0 Å². The van der Waals surface area contributed by atoms with Gasteiger partial charge in [0.15, 0.2) is 11.6 Å². The van der Waals surface area contributed by atoms with Crippen LogP contribution < -0.4 is 15.2 Å². The Morgan fingerprint density at radius 1 is 1.03 bits per heavy atom. The molecule has 1 aliphatic rings. The molecule has 0 radical (unpaired) electrons. The zero-order valence-electron chi connectivity index (χ0n) is 16.0. The smallest absolute Gasteiger partial charge is 0.320 e. The number of hydrogen-bond acceptors (Lipinski definition) is 6. The minimum atomic E-state index is 0. The summed E-state index contributed by atoms with van der Waals surface area (Å²) < 4.78 is 11.1. The molecule has 3 aromatic rings. The number of aromatic nitrogens is 3. The Labute approximate surface area is 180 Å². The highest BCUT2D eigenvalue weighted by atomic mass is 35.5. The molecule has 1 aliphatic carbocycles. The molecule has 0 atom stereocenters. The van der Waals surface area contributed by atoms with Gasteiger partial charge in [-0.2, -0.15) is 9.97 Å². The third-order valence-electron chi connectivity index (χ3n) is 4.60. The number of hydrogen-bond donors (Lipinski definition) is 1. The van der Waals surface area contributed by atoms with E-state index in [2.05, 4.69) is 15.0 Å². The van der Waals surface area contributed by atoms with E-state index in [-0.39, 0.29) is 18.4 Å². The van der Waals surface area contributed by atoms with Gasteiger partial charge in [-0.1, -0.05) is 17.7 Å². The van der Waals surface area contributed by atoms with Crippen LogP contribution in [0.15, 0.2) is 42.5 Å². The third kappa shape index (κ3) is 5.15. The Morgan fingerprint density at radius 2 is 1.76 bits per heavy atom. The Morgan fingerprint density at radius 3 is 2.41 bits per heavy atom. The largest absolute Gasteiger partial charge is 0.493 e. The van der Waals surface area contributed by atoms with Crippen molar-refractivity contribution < 1.29 is 9.47 Å². The molecule has 4 rings (SSSR count). The molecule has 1 aromatic heterocycles. The zero-order chi connectivity index (χ0) is 19.5. The van der Waals surface area contributed by atoms with Crippen LogP contribution in [-0.2, 0) is 6.54 Å². The summed E-state index contributed by atoms with van der Waals surface area (Å²) in [7, 11) is 1.52. The van der Waals surface area contributed by atoms with Crippen LogP contribution in [0.25, 0.3) is 22.8 Å². The highest BCUT2D eigenvalue weighted by molar-refractivity contribution is 6.33. The molecule has 0 spiro atoms. The summed E-state index contributed by atoms with van der Waals surface area (Å²) >= 11 is 6.37. The lowest BCUT2D eigenvalue weighted by molar-refractivity contribution is 0.300. The number of nitrogens with two attached hydrogens (primary N) is 1. The first-order valence-corrected chi connectivity index (χ1v) is 9.56. The van der Waals surface area contributed by atoms with Crippen LogP contribution in [0.3, 0.4) is 0 Å². The quantitative estimate of drug-likeness (QED) is 0.589. The predicted octanol–water partition coefficient (Wildman–Crippen LogP) is 4.54. The maximum absolute atomic E-state index is 6.37. The van der Waals surface area contributed by atoms with Gasteiger partial charge in [0.05, 0.1) is 18.7 Å². The van der Waals surface area contributed by atoms with E-state index in [1.807, 2.05) is 36.4 Å². The van der Waals surface area contributed by atoms with Crippen LogP contribution in [0.5, 0.6) is 11.8 Å². The summed E-state index contributed by atoms with van der Waals surface area (Å²) in [4.78, 5) is 13.3. The van der Waals surface area contributed by atoms with Crippen molar-refractivity contribution in [2.45, 2.75) is 19.4 Å². The highest BCUT2D eigenvalue weighted by Crippen LogP contribution is 2.31. The van der Waals surface area contributed by atoms with Crippen molar-refractivity contribution >= 4 is 24.0 Å². The van der Waals surface area contributed by atoms with Gasteiger partial charge in [-0.05, 0) is 60.7 Å². The first-order valence-electron chi connectivity index (χ1n) is 9.18. The predicted molar refractivity (Wildman–Crippen MR) is 116 cm³/mol. The third-order valence-corrected chi connectivity index (χ3v) is 4.93. The van der Waals surface area contributed by atoms with E-state index in [1.54, 1.807) is 6.07 Å². The minimum absolute atomic E-state index is 0. The molecule has 0 aliphatic heterocycles. The van der Waals surface area contributed by atoms with E-state index in [0.29, 0.717) is 34.7 Å². The molecular formula is C21H22Cl2N4O2. The number of nitrogens with zero attached hydrogens (tertiary/aromatic N) is 3. The second-order valence-corrected chi connectivity index (χ2v) is 7.17. The molecule has 0 bridgehead atoms. The second-order valence-electron chi connectivity index (χ2n) is 6.77. The van der Waals surface area contributed by atoms with Crippen LogP contribution in [0.4, 0.5) is 0 Å². The van der Waals surface area contributed by atoms with Crippen molar-refractivity contribution in [2.75, 3.05) is 13.7 Å². The van der Waals surface area contributed by atoms with Gasteiger partial charge in [0, 0.05) is 17.7 Å². The maximum atomic E-state index is 6.37. The SMILES string of the molecule is COc1nc(-c2ccc(OCC3CC3)cc2)nc(-c2cc(CN)ccc2Cl)n1.Cl. The van der Waals surface area contributed by atoms with Gasteiger partial charge < -0.3 is 15.2 Å². The second kappa shape index (κ2) is 9.39. The highest BCUT2D eigenvalue weighted by Gasteiger charge is 2.22. The first-order chi connectivity index (χ1) is 13.7. The molecule has 8 heteroatoms. The zero-order valence-corrected chi connectivity index (χ0v) is 17.5. The van der Waals surface area contributed by atoms with Crippen molar-refractivity contribution in [1.82, 2.24) is 15.0 Å². The van der Waals surface area contributed by atoms with E-state index in [4.69, 9.17) is 26.8 Å².